The average molecular weight is 288 g/mol. The smallest absolute Gasteiger partial charge is 0.414 e. The minimum atomic E-state index is -0.269. The summed E-state index contributed by atoms with van der Waals surface area (Å²) in [6, 6.07) is 3.73. The van der Waals surface area contributed by atoms with E-state index in [0.29, 0.717) is 6.54 Å². The maximum Gasteiger partial charge on any atom is 0.414 e. The molecule has 0 radical (unpaired) electrons. The highest BCUT2D eigenvalue weighted by Gasteiger charge is 2.32. The van der Waals surface area contributed by atoms with Gasteiger partial charge in [0.05, 0.1) is 18.4 Å². The van der Waals surface area contributed by atoms with Crippen LogP contribution in [0.5, 0.6) is 0 Å². The van der Waals surface area contributed by atoms with E-state index in [9.17, 15) is 4.79 Å². The van der Waals surface area contributed by atoms with E-state index in [4.69, 9.17) is 4.74 Å². The lowest BCUT2D eigenvalue weighted by molar-refractivity contribution is 0.135. The molecule has 112 valence electrons. The Kier molecular flexibility index (Phi) is 4.03. The molecule has 2 aromatic heterocycles. The molecule has 0 aliphatic carbocycles. The van der Waals surface area contributed by atoms with Crippen molar-refractivity contribution in [3.05, 3.63) is 24.7 Å². The molecule has 0 spiro atoms. The molecule has 21 heavy (non-hydrogen) atoms. The number of pyridine rings is 1. The summed E-state index contributed by atoms with van der Waals surface area (Å²) in [4.78, 5) is 17.8. The molecule has 0 saturated carbocycles. The topological polar surface area (TPSA) is 59.7 Å². The van der Waals surface area contributed by atoms with E-state index in [1.165, 1.54) is 25.6 Å². The summed E-state index contributed by atoms with van der Waals surface area (Å²) in [5, 5.41) is 4.09. The van der Waals surface area contributed by atoms with Crippen molar-refractivity contribution in [3.8, 4) is 0 Å². The number of carbonyl (C=O) groups is 1. The lowest BCUT2D eigenvalue weighted by Gasteiger charge is -2.12. The van der Waals surface area contributed by atoms with Gasteiger partial charge in [-0.15, -0.1) is 0 Å². The molecular formula is C15H20N4O2. The quantitative estimate of drug-likeness (QED) is 0.767. The second-order valence-electron chi connectivity index (χ2n) is 5.42. The number of fused-ring (bicyclic) bond motifs is 1. The first-order valence-corrected chi connectivity index (χ1v) is 7.55. The van der Waals surface area contributed by atoms with Crippen molar-refractivity contribution in [1.82, 2.24) is 14.6 Å². The van der Waals surface area contributed by atoms with E-state index in [2.05, 4.69) is 17.0 Å². The third kappa shape index (κ3) is 2.99. The van der Waals surface area contributed by atoms with Crippen molar-refractivity contribution < 1.29 is 9.53 Å². The van der Waals surface area contributed by atoms with Gasteiger partial charge in [0, 0.05) is 0 Å². The first-order valence-electron chi connectivity index (χ1n) is 7.55. The summed E-state index contributed by atoms with van der Waals surface area (Å²) in [5.41, 5.74) is 1.57. The molecule has 0 bridgehead atoms. The number of carbonyl (C=O) groups excluding carboxylic acids is 1. The SMILES string of the molecule is CCCCCCC1CN(c2ccc3ncnn3c2)C(=O)O1. The van der Waals surface area contributed by atoms with E-state index >= 15 is 0 Å². The van der Waals surface area contributed by atoms with Gasteiger partial charge in [0.2, 0.25) is 0 Å². The largest absolute Gasteiger partial charge is 0.444 e. The second kappa shape index (κ2) is 6.11. The van der Waals surface area contributed by atoms with Gasteiger partial charge < -0.3 is 4.74 Å². The van der Waals surface area contributed by atoms with Crippen LogP contribution in [0.25, 0.3) is 5.65 Å². The molecule has 0 N–H and O–H groups in total. The number of rotatable bonds is 6. The number of cyclic esters (lactones) is 1. The van der Waals surface area contributed by atoms with Crippen LogP contribution in [0.4, 0.5) is 10.5 Å². The van der Waals surface area contributed by atoms with Crippen molar-refractivity contribution in [2.45, 2.75) is 45.1 Å². The third-order valence-corrected chi connectivity index (χ3v) is 3.82. The van der Waals surface area contributed by atoms with Gasteiger partial charge in [0.1, 0.15) is 12.4 Å². The number of ether oxygens (including phenoxy) is 1. The van der Waals surface area contributed by atoms with E-state index < -0.39 is 0 Å². The average Bonchev–Trinajstić information content (AvgIpc) is 3.09. The molecular weight excluding hydrogens is 268 g/mol. The maximum atomic E-state index is 12.0. The molecule has 1 aliphatic rings. The molecule has 0 aromatic carbocycles. The highest BCUT2D eigenvalue weighted by Crippen LogP contribution is 2.24. The number of anilines is 1. The molecule has 1 atom stereocenters. The Labute approximate surface area is 123 Å². The van der Waals surface area contributed by atoms with E-state index in [1.54, 1.807) is 9.42 Å². The molecule has 1 fully saturated rings. The summed E-state index contributed by atoms with van der Waals surface area (Å²) < 4.78 is 7.11. The number of nitrogens with zero attached hydrogens (tertiary/aromatic N) is 4. The van der Waals surface area contributed by atoms with Gasteiger partial charge in [0.15, 0.2) is 5.65 Å². The molecule has 1 unspecified atom stereocenters. The number of amides is 1. The van der Waals surface area contributed by atoms with Gasteiger partial charge in [-0.2, -0.15) is 5.10 Å². The summed E-state index contributed by atoms with van der Waals surface area (Å²) in [7, 11) is 0. The lowest BCUT2D eigenvalue weighted by Crippen LogP contribution is -2.24. The van der Waals surface area contributed by atoms with E-state index in [1.807, 2.05) is 18.3 Å². The Hall–Kier alpha value is -2.11. The van der Waals surface area contributed by atoms with Crippen molar-refractivity contribution in [2.24, 2.45) is 0 Å². The lowest BCUT2D eigenvalue weighted by atomic mass is 10.1. The van der Waals surface area contributed by atoms with Gasteiger partial charge in [-0.3, -0.25) is 4.90 Å². The Morgan fingerprint density at radius 3 is 3.10 bits per heavy atom. The predicted octanol–water partition coefficient (Wildman–Crippen LogP) is 3.02. The molecule has 3 rings (SSSR count). The van der Waals surface area contributed by atoms with Crippen LogP contribution in [-0.4, -0.2) is 33.3 Å². The monoisotopic (exact) mass is 288 g/mol. The minimum absolute atomic E-state index is 0.000740. The van der Waals surface area contributed by atoms with Crippen LogP contribution in [0.1, 0.15) is 39.0 Å². The zero-order valence-electron chi connectivity index (χ0n) is 12.2. The summed E-state index contributed by atoms with van der Waals surface area (Å²) in [6.07, 6.45) is 8.75. The Balaban J connectivity index is 1.64. The van der Waals surface area contributed by atoms with Gasteiger partial charge >= 0.3 is 6.09 Å². The van der Waals surface area contributed by atoms with E-state index in [0.717, 1.165) is 24.2 Å². The number of hydrogen-bond donors (Lipinski definition) is 0. The molecule has 6 nitrogen and oxygen atoms in total. The van der Waals surface area contributed by atoms with Crippen LogP contribution >= 0.6 is 0 Å². The van der Waals surface area contributed by atoms with Gasteiger partial charge in [-0.05, 0) is 25.0 Å². The van der Waals surface area contributed by atoms with Crippen LogP contribution < -0.4 is 4.90 Å². The van der Waals surface area contributed by atoms with Crippen molar-refractivity contribution >= 4 is 17.4 Å². The number of hydrogen-bond acceptors (Lipinski definition) is 4. The molecule has 1 aliphatic heterocycles. The van der Waals surface area contributed by atoms with Crippen LogP contribution in [0.15, 0.2) is 24.7 Å². The Bertz CT molecular complexity index is 625. The van der Waals surface area contributed by atoms with Crippen molar-refractivity contribution in [1.29, 1.82) is 0 Å². The molecule has 6 heteroatoms. The highest BCUT2D eigenvalue weighted by molar-refractivity contribution is 5.89. The van der Waals surface area contributed by atoms with Crippen LogP contribution in [0, 0.1) is 0 Å². The van der Waals surface area contributed by atoms with Gasteiger partial charge in [-0.1, -0.05) is 26.2 Å². The van der Waals surface area contributed by atoms with Gasteiger partial charge in [0.25, 0.3) is 0 Å². The van der Waals surface area contributed by atoms with Crippen LogP contribution in [0.3, 0.4) is 0 Å². The predicted molar refractivity (Wildman–Crippen MR) is 79.4 cm³/mol. The zero-order chi connectivity index (χ0) is 14.7. The first-order chi connectivity index (χ1) is 10.3. The Morgan fingerprint density at radius 2 is 2.24 bits per heavy atom. The molecule has 1 saturated heterocycles. The summed E-state index contributed by atoms with van der Waals surface area (Å²) in [6.45, 7) is 2.81. The summed E-state index contributed by atoms with van der Waals surface area (Å²) in [5.74, 6) is 0. The van der Waals surface area contributed by atoms with E-state index in [-0.39, 0.29) is 12.2 Å². The number of unbranched alkanes of at least 4 members (excludes halogenated alkanes) is 3. The molecule has 1 amide bonds. The fraction of sp³-hybridized carbons (Fsp3) is 0.533. The minimum Gasteiger partial charge on any atom is -0.444 e. The van der Waals surface area contributed by atoms with Crippen molar-refractivity contribution in [3.63, 3.8) is 0 Å². The van der Waals surface area contributed by atoms with Crippen LogP contribution in [0.2, 0.25) is 0 Å². The third-order valence-electron chi connectivity index (χ3n) is 3.82. The fourth-order valence-corrected chi connectivity index (χ4v) is 2.65. The normalized spacial score (nSPS) is 18.4. The summed E-state index contributed by atoms with van der Waals surface area (Å²) >= 11 is 0. The first kappa shape index (κ1) is 13.9. The van der Waals surface area contributed by atoms with Crippen molar-refractivity contribution in [2.75, 3.05) is 11.4 Å². The van der Waals surface area contributed by atoms with Gasteiger partial charge in [-0.25, -0.2) is 14.3 Å². The Morgan fingerprint density at radius 1 is 1.33 bits per heavy atom. The fourth-order valence-electron chi connectivity index (χ4n) is 2.65. The zero-order valence-corrected chi connectivity index (χ0v) is 12.2. The standard InChI is InChI=1S/C15H20N4O2/c1-2-3-4-5-6-13-10-18(15(20)21-13)12-7-8-14-16-11-17-19(14)9-12/h7-9,11,13H,2-6,10H2,1H3. The second-order valence-corrected chi connectivity index (χ2v) is 5.42. The number of aromatic nitrogens is 3. The molecule has 3 heterocycles. The van der Waals surface area contributed by atoms with Crippen LogP contribution in [-0.2, 0) is 4.74 Å². The highest BCUT2D eigenvalue weighted by atomic mass is 16.6. The maximum absolute atomic E-state index is 12.0. The molecule has 2 aromatic rings.